The quantitative estimate of drug-likeness (QED) is 0.250. The number of benzene rings is 2. The fourth-order valence-electron chi connectivity index (χ4n) is 4.00. The Morgan fingerprint density at radius 1 is 1.14 bits per heavy atom. The van der Waals surface area contributed by atoms with Gasteiger partial charge in [0.1, 0.15) is 5.69 Å². The van der Waals surface area contributed by atoms with Gasteiger partial charge >= 0.3 is 0 Å². The van der Waals surface area contributed by atoms with Crippen molar-refractivity contribution >= 4 is 34.5 Å². The molecule has 1 aromatic heterocycles. The van der Waals surface area contributed by atoms with Crippen molar-refractivity contribution in [2.24, 2.45) is 16.6 Å². The van der Waals surface area contributed by atoms with Crippen LogP contribution < -0.4 is 16.9 Å². The molecule has 0 aliphatic carbocycles. The maximum Gasteiger partial charge on any atom is 0.263 e. The Morgan fingerprint density at radius 3 is 2.54 bits per heavy atom. The van der Waals surface area contributed by atoms with Crippen LogP contribution in [0.5, 0.6) is 0 Å². The molecule has 1 saturated heterocycles. The third-order valence-corrected chi connectivity index (χ3v) is 6.84. The lowest BCUT2D eigenvalue weighted by Crippen LogP contribution is -2.33. The van der Waals surface area contributed by atoms with Gasteiger partial charge in [-0.25, -0.2) is 4.98 Å². The van der Waals surface area contributed by atoms with Gasteiger partial charge in [0.25, 0.3) is 11.8 Å². The van der Waals surface area contributed by atoms with Crippen molar-refractivity contribution in [3.05, 3.63) is 81.3 Å². The summed E-state index contributed by atoms with van der Waals surface area (Å²) in [6, 6.07) is 17.3. The van der Waals surface area contributed by atoms with E-state index >= 15 is 0 Å². The van der Waals surface area contributed by atoms with Crippen LogP contribution in [0, 0.1) is 12.3 Å². The summed E-state index contributed by atoms with van der Waals surface area (Å²) < 4.78 is 5.33. The number of nitrogens with one attached hydrogen (secondary N) is 2. The van der Waals surface area contributed by atoms with E-state index in [4.69, 9.17) is 21.8 Å². The molecule has 0 bridgehead atoms. The van der Waals surface area contributed by atoms with Gasteiger partial charge in [-0.1, -0.05) is 48.5 Å². The van der Waals surface area contributed by atoms with Crippen molar-refractivity contribution in [1.29, 1.82) is 5.41 Å². The number of aliphatic imine (C=N–C) groups is 1. The summed E-state index contributed by atoms with van der Waals surface area (Å²) in [5.74, 6) is 5.11. The van der Waals surface area contributed by atoms with Gasteiger partial charge in [0.05, 0.1) is 16.4 Å². The summed E-state index contributed by atoms with van der Waals surface area (Å²) in [4.78, 5) is 26.1. The van der Waals surface area contributed by atoms with Crippen molar-refractivity contribution in [1.82, 2.24) is 4.98 Å². The maximum atomic E-state index is 11.8. The number of carbonyl (C=O) groups excluding carboxylic acids is 1. The maximum absolute atomic E-state index is 11.8. The number of hydrogen-bond donors (Lipinski definition) is 4. The molecule has 2 aliphatic rings. The predicted octanol–water partition coefficient (Wildman–Crippen LogP) is 3.32. The third-order valence-electron chi connectivity index (χ3n) is 5.71. The second kappa shape index (κ2) is 11.3. The van der Waals surface area contributed by atoms with Crippen molar-refractivity contribution in [2.75, 3.05) is 18.5 Å². The zero-order valence-corrected chi connectivity index (χ0v) is 20.2. The molecule has 9 nitrogen and oxygen atoms in total. The minimum absolute atomic E-state index is 0.0501. The molecule has 0 saturated carbocycles. The molecule has 0 spiro atoms. The number of fused-ring (bicyclic) bond motifs is 1. The molecule has 182 valence electrons. The molecule has 5 rings (SSSR count). The van der Waals surface area contributed by atoms with Crippen LogP contribution in [0.25, 0.3) is 0 Å². The Kier molecular flexibility index (Phi) is 7.98. The van der Waals surface area contributed by atoms with E-state index in [1.54, 1.807) is 11.3 Å². The first-order valence-electron chi connectivity index (χ1n) is 11.3. The minimum Gasteiger partial charge on any atom is -0.389 e. The number of aryl methyl sites for hydroxylation is 1. The predicted molar refractivity (Wildman–Crippen MR) is 137 cm³/mol. The lowest BCUT2D eigenvalue weighted by molar-refractivity contribution is -0.117. The summed E-state index contributed by atoms with van der Waals surface area (Å²) in [5, 5.41) is 11.4. The Hall–Kier alpha value is -3.44. The van der Waals surface area contributed by atoms with E-state index in [1.165, 1.54) is 0 Å². The highest BCUT2D eigenvalue weighted by molar-refractivity contribution is 7.12. The molecule has 1 amide bonds. The number of para-hydroxylation sites is 1. The number of hydrogen-bond acceptors (Lipinski definition) is 9. The SMILES string of the molecule is Cc1nc(C(=N)ON)c(C2CCOCC2)s1.NC1N=C(c2ccccc2)c2ccccc2NC1=O. The highest BCUT2D eigenvalue weighted by Crippen LogP contribution is 2.34. The Morgan fingerprint density at radius 2 is 1.83 bits per heavy atom. The number of thiazole rings is 1. The van der Waals surface area contributed by atoms with Gasteiger partial charge in [0.15, 0.2) is 6.17 Å². The fourth-order valence-corrected chi connectivity index (χ4v) is 5.09. The Bertz CT molecular complexity index is 1220. The summed E-state index contributed by atoms with van der Waals surface area (Å²) in [6.45, 7) is 3.48. The van der Waals surface area contributed by atoms with E-state index in [1.807, 2.05) is 61.5 Å². The van der Waals surface area contributed by atoms with Gasteiger partial charge in [-0.05, 0) is 25.8 Å². The third kappa shape index (κ3) is 5.80. The number of rotatable bonds is 3. The summed E-state index contributed by atoms with van der Waals surface area (Å²) in [6.07, 6.45) is 1.07. The van der Waals surface area contributed by atoms with Gasteiger partial charge < -0.3 is 20.6 Å². The van der Waals surface area contributed by atoms with Crippen molar-refractivity contribution < 1.29 is 14.4 Å². The standard InChI is InChI=1S/C15H13N3O.C10H15N3O2S/c16-14-15(19)17-12-9-5-4-8-11(12)13(18-14)10-6-2-1-3-7-10;1-6-13-8(10(11)15-12)9(16-6)7-2-4-14-5-3-7/h1-9,14H,16H2,(H,17,19);7,11H,2-5,12H2,1H3. The normalized spacial score (nSPS) is 17.7. The molecule has 6 N–H and O–H groups in total. The molecule has 3 aromatic rings. The van der Waals surface area contributed by atoms with E-state index in [0.717, 1.165) is 58.5 Å². The van der Waals surface area contributed by atoms with Gasteiger partial charge in [0.2, 0.25) is 0 Å². The number of amides is 1. The van der Waals surface area contributed by atoms with Crippen LogP contribution in [-0.2, 0) is 14.4 Å². The summed E-state index contributed by atoms with van der Waals surface area (Å²) in [7, 11) is 0. The van der Waals surface area contributed by atoms with Crippen molar-refractivity contribution in [2.45, 2.75) is 31.8 Å². The van der Waals surface area contributed by atoms with Crippen molar-refractivity contribution in [3.63, 3.8) is 0 Å². The molecular weight excluding hydrogens is 464 g/mol. The number of benzodiazepines with no additional fused rings is 1. The van der Waals surface area contributed by atoms with Crippen LogP contribution in [-0.4, -0.2) is 41.9 Å². The summed E-state index contributed by atoms with van der Waals surface area (Å²) in [5.41, 5.74) is 9.69. The second-order valence-electron chi connectivity index (χ2n) is 8.10. The van der Waals surface area contributed by atoms with Crippen LogP contribution in [0.4, 0.5) is 5.69 Å². The van der Waals surface area contributed by atoms with Crippen molar-refractivity contribution in [3.8, 4) is 0 Å². The van der Waals surface area contributed by atoms with Gasteiger partial charge in [0, 0.05) is 35.1 Å². The molecule has 3 heterocycles. The second-order valence-corrected chi connectivity index (χ2v) is 9.34. The zero-order valence-electron chi connectivity index (χ0n) is 19.4. The van der Waals surface area contributed by atoms with E-state index in [0.29, 0.717) is 11.6 Å². The number of nitrogens with zero attached hydrogens (tertiary/aromatic N) is 2. The van der Waals surface area contributed by atoms with Crippen LogP contribution in [0.15, 0.2) is 59.6 Å². The van der Waals surface area contributed by atoms with Gasteiger partial charge in [-0.15, -0.1) is 11.3 Å². The molecular formula is C25H28N6O3S. The molecule has 10 heteroatoms. The molecule has 35 heavy (non-hydrogen) atoms. The Labute approximate surface area is 207 Å². The summed E-state index contributed by atoms with van der Waals surface area (Å²) >= 11 is 1.62. The van der Waals surface area contributed by atoms with E-state index in [2.05, 4.69) is 20.1 Å². The lowest BCUT2D eigenvalue weighted by atomic mass is 9.97. The average molecular weight is 493 g/mol. The molecule has 2 aliphatic heterocycles. The number of anilines is 1. The number of carbonyl (C=O) groups is 1. The van der Waals surface area contributed by atoms with E-state index in [-0.39, 0.29) is 11.8 Å². The van der Waals surface area contributed by atoms with Crippen LogP contribution in [0.2, 0.25) is 0 Å². The first kappa shape index (κ1) is 24.7. The topological polar surface area (TPSA) is 149 Å². The smallest absolute Gasteiger partial charge is 0.263 e. The van der Waals surface area contributed by atoms with E-state index in [9.17, 15) is 4.79 Å². The number of nitrogens with two attached hydrogens (primary N) is 2. The molecule has 2 aromatic carbocycles. The van der Waals surface area contributed by atoms with Gasteiger partial charge in [-0.2, -0.15) is 5.90 Å². The zero-order chi connectivity index (χ0) is 24.8. The highest BCUT2D eigenvalue weighted by Gasteiger charge is 2.25. The first-order chi connectivity index (χ1) is 17.0. The van der Waals surface area contributed by atoms with Crippen LogP contribution in [0.1, 0.15) is 45.5 Å². The fraction of sp³-hybridized carbons (Fsp3) is 0.280. The van der Waals surface area contributed by atoms with Gasteiger partial charge in [-0.3, -0.25) is 15.2 Å². The average Bonchev–Trinajstić information content (AvgIpc) is 3.24. The number of aromatic nitrogens is 1. The Balaban J connectivity index is 0.000000168. The highest BCUT2D eigenvalue weighted by atomic mass is 32.1. The molecule has 1 fully saturated rings. The molecule has 1 unspecified atom stereocenters. The first-order valence-corrected chi connectivity index (χ1v) is 12.1. The van der Waals surface area contributed by atoms with Crippen LogP contribution >= 0.6 is 11.3 Å². The minimum atomic E-state index is -0.886. The lowest BCUT2D eigenvalue weighted by Gasteiger charge is -2.21. The van der Waals surface area contributed by atoms with Crippen LogP contribution in [0.3, 0.4) is 0 Å². The molecule has 1 atom stereocenters. The number of ether oxygens (including phenoxy) is 1. The molecule has 0 radical (unpaired) electrons. The monoisotopic (exact) mass is 492 g/mol. The van der Waals surface area contributed by atoms with E-state index < -0.39 is 6.17 Å². The largest absolute Gasteiger partial charge is 0.389 e.